The molecule has 0 fully saturated rings. The number of benzene rings is 1. The third kappa shape index (κ3) is 4.37. The molecule has 1 atom stereocenters. The van der Waals surface area contributed by atoms with Crippen LogP contribution in [0.3, 0.4) is 0 Å². The molecule has 3 rings (SSSR count). The number of aliphatic hydroxyl groups is 1. The van der Waals surface area contributed by atoms with Crippen molar-refractivity contribution in [3.63, 3.8) is 0 Å². The zero-order valence-corrected chi connectivity index (χ0v) is 16.1. The lowest BCUT2D eigenvalue weighted by atomic mass is 9.96. The van der Waals surface area contributed by atoms with Gasteiger partial charge in [-0.25, -0.2) is 0 Å². The summed E-state index contributed by atoms with van der Waals surface area (Å²) in [5, 5.41) is 17.5. The van der Waals surface area contributed by atoms with Gasteiger partial charge in [0.15, 0.2) is 6.61 Å². The van der Waals surface area contributed by atoms with E-state index in [9.17, 15) is 9.90 Å². The number of aliphatic hydroxyl groups excluding tert-OH is 1. The molecular weight excluding hydrogens is 358 g/mol. The molecule has 7 heteroatoms. The Morgan fingerprint density at radius 3 is 2.75 bits per heavy atom. The van der Waals surface area contributed by atoms with E-state index >= 15 is 0 Å². The first kappa shape index (κ1) is 19.6. The molecule has 2 aromatic heterocycles. The lowest BCUT2D eigenvalue weighted by Gasteiger charge is -2.15. The number of aromatic nitrogens is 2. The number of aryl methyl sites for hydroxylation is 2. The zero-order chi connectivity index (χ0) is 20.1. The number of amides is 1. The lowest BCUT2D eigenvalue weighted by molar-refractivity contribution is -0.122. The molecule has 146 valence electrons. The second-order valence-electron chi connectivity index (χ2n) is 6.42. The molecule has 7 nitrogen and oxygen atoms in total. The standard InChI is InChI=1S/C21H23N3O4/c1-4-23-19(25)12-27-18-9-16(20-13(2)24-28-14(20)3)8-17(10-18)21(26)15-6-5-7-22-11-15/h5-11,21,26H,4,12H2,1-3H3,(H,23,25). The van der Waals surface area contributed by atoms with E-state index in [1.54, 1.807) is 30.6 Å². The molecule has 1 amide bonds. The summed E-state index contributed by atoms with van der Waals surface area (Å²) in [7, 11) is 0. The van der Waals surface area contributed by atoms with Crippen molar-refractivity contribution in [1.82, 2.24) is 15.5 Å². The van der Waals surface area contributed by atoms with Crippen LogP contribution in [0.2, 0.25) is 0 Å². The number of carbonyl (C=O) groups is 1. The second-order valence-corrected chi connectivity index (χ2v) is 6.42. The van der Waals surface area contributed by atoms with Crippen LogP contribution in [0.1, 0.15) is 35.6 Å². The van der Waals surface area contributed by atoms with Gasteiger partial charge in [-0.1, -0.05) is 11.2 Å². The first-order valence-electron chi connectivity index (χ1n) is 9.05. The van der Waals surface area contributed by atoms with Gasteiger partial charge in [0.05, 0.1) is 5.69 Å². The number of hydrogen-bond donors (Lipinski definition) is 2. The predicted octanol–water partition coefficient (Wildman–Crippen LogP) is 2.95. The molecule has 1 unspecified atom stereocenters. The van der Waals surface area contributed by atoms with Crippen molar-refractivity contribution in [2.45, 2.75) is 26.9 Å². The second kappa shape index (κ2) is 8.67. The van der Waals surface area contributed by atoms with Gasteiger partial charge in [0.2, 0.25) is 0 Å². The molecule has 28 heavy (non-hydrogen) atoms. The molecule has 0 bridgehead atoms. The van der Waals surface area contributed by atoms with Crippen LogP contribution >= 0.6 is 0 Å². The average molecular weight is 381 g/mol. The van der Waals surface area contributed by atoms with Crippen LogP contribution in [0.25, 0.3) is 11.1 Å². The molecule has 0 saturated heterocycles. The number of carbonyl (C=O) groups excluding carboxylic acids is 1. The fourth-order valence-corrected chi connectivity index (χ4v) is 3.03. The van der Waals surface area contributed by atoms with Gasteiger partial charge in [0.25, 0.3) is 5.91 Å². The fraction of sp³-hybridized carbons (Fsp3) is 0.286. The van der Waals surface area contributed by atoms with Gasteiger partial charge in [-0.05, 0) is 56.2 Å². The quantitative estimate of drug-likeness (QED) is 0.653. The zero-order valence-electron chi connectivity index (χ0n) is 16.1. The largest absolute Gasteiger partial charge is 0.484 e. The van der Waals surface area contributed by atoms with E-state index in [2.05, 4.69) is 15.5 Å². The Morgan fingerprint density at radius 1 is 1.29 bits per heavy atom. The van der Waals surface area contributed by atoms with E-state index in [1.807, 2.05) is 32.9 Å². The highest BCUT2D eigenvalue weighted by Gasteiger charge is 2.18. The minimum Gasteiger partial charge on any atom is -0.484 e. The molecule has 0 radical (unpaired) electrons. The van der Waals surface area contributed by atoms with Crippen LogP contribution < -0.4 is 10.1 Å². The van der Waals surface area contributed by atoms with Gasteiger partial charge in [-0.15, -0.1) is 0 Å². The molecule has 3 aromatic rings. The third-order valence-electron chi connectivity index (χ3n) is 4.31. The fourth-order valence-electron chi connectivity index (χ4n) is 3.03. The van der Waals surface area contributed by atoms with Crippen molar-refractivity contribution >= 4 is 5.91 Å². The van der Waals surface area contributed by atoms with Gasteiger partial charge in [-0.2, -0.15) is 0 Å². The molecule has 0 saturated carbocycles. The van der Waals surface area contributed by atoms with Crippen molar-refractivity contribution in [3.8, 4) is 16.9 Å². The number of pyridine rings is 1. The van der Waals surface area contributed by atoms with Crippen LogP contribution in [0.4, 0.5) is 0 Å². The molecule has 0 aliphatic heterocycles. The number of nitrogens with zero attached hydrogens (tertiary/aromatic N) is 2. The van der Waals surface area contributed by atoms with Crippen molar-refractivity contribution in [2.24, 2.45) is 0 Å². The highest BCUT2D eigenvalue weighted by Crippen LogP contribution is 2.34. The van der Waals surface area contributed by atoms with E-state index in [1.165, 1.54) is 0 Å². The summed E-state index contributed by atoms with van der Waals surface area (Å²) in [6.07, 6.45) is 2.38. The van der Waals surface area contributed by atoms with E-state index in [-0.39, 0.29) is 12.5 Å². The first-order valence-corrected chi connectivity index (χ1v) is 9.05. The van der Waals surface area contributed by atoms with Crippen molar-refractivity contribution in [3.05, 3.63) is 65.3 Å². The Bertz CT molecular complexity index is 934. The predicted molar refractivity (Wildman–Crippen MR) is 104 cm³/mol. The Balaban J connectivity index is 2.00. The summed E-state index contributed by atoms with van der Waals surface area (Å²) >= 11 is 0. The van der Waals surface area contributed by atoms with Crippen LogP contribution in [0.15, 0.2) is 47.2 Å². The molecule has 0 aliphatic rings. The van der Waals surface area contributed by atoms with Crippen molar-refractivity contribution in [1.29, 1.82) is 0 Å². The van der Waals surface area contributed by atoms with E-state index in [0.29, 0.717) is 29.2 Å². The maximum absolute atomic E-state index is 11.8. The number of rotatable bonds is 7. The third-order valence-corrected chi connectivity index (χ3v) is 4.31. The summed E-state index contributed by atoms with van der Waals surface area (Å²) in [6.45, 7) is 5.95. The maximum atomic E-state index is 11.8. The number of nitrogens with one attached hydrogen (secondary N) is 1. The molecular formula is C21H23N3O4. The van der Waals surface area contributed by atoms with Gasteiger partial charge in [0.1, 0.15) is 17.6 Å². The Kier molecular flexibility index (Phi) is 6.06. The van der Waals surface area contributed by atoms with E-state index < -0.39 is 6.10 Å². The molecule has 2 heterocycles. The summed E-state index contributed by atoms with van der Waals surface area (Å²) in [6, 6.07) is 8.96. The van der Waals surface area contributed by atoms with Crippen LogP contribution in [-0.2, 0) is 4.79 Å². The van der Waals surface area contributed by atoms with Crippen LogP contribution in [-0.4, -0.2) is 34.3 Å². The summed E-state index contributed by atoms with van der Waals surface area (Å²) in [4.78, 5) is 15.8. The van der Waals surface area contributed by atoms with Gasteiger partial charge >= 0.3 is 0 Å². The summed E-state index contributed by atoms with van der Waals surface area (Å²) < 4.78 is 11.0. The Morgan fingerprint density at radius 2 is 2.11 bits per heavy atom. The molecule has 0 aliphatic carbocycles. The number of hydrogen-bond acceptors (Lipinski definition) is 6. The Labute approximate surface area is 163 Å². The first-order chi connectivity index (χ1) is 13.5. The van der Waals surface area contributed by atoms with Crippen LogP contribution in [0, 0.1) is 13.8 Å². The maximum Gasteiger partial charge on any atom is 0.257 e. The SMILES string of the molecule is CCNC(=O)COc1cc(-c2c(C)noc2C)cc(C(O)c2cccnc2)c1. The average Bonchev–Trinajstić information content (AvgIpc) is 3.04. The normalized spacial score (nSPS) is 11.9. The van der Waals surface area contributed by atoms with Crippen LogP contribution in [0.5, 0.6) is 5.75 Å². The van der Waals surface area contributed by atoms with Gasteiger partial charge < -0.3 is 19.7 Å². The summed E-state index contributed by atoms with van der Waals surface area (Å²) in [5.41, 5.74) is 3.65. The highest BCUT2D eigenvalue weighted by molar-refractivity contribution is 5.77. The van der Waals surface area contributed by atoms with E-state index in [4.69, 9.17) is 9.26 Å². The van der Waals surface area contributed by atoms with Crippen molar-refractivity contribution < 1.29 is 19.2 Å². The molecule has 0 spiro atoms. The molecule has 2 N–H and O–H groups in total. The van der Waals surface area contributed by atoms with E-state index in [0.717, 1.165) is 16.8 Å². The van der Waals surface area contributed by atoms with Crippen molar-refractivity contribution in [2.75, 3.05) is 13.2 Å². The smallest absolute Gasteiger partial charge is 0.257 e. The minimum atomic E-state index is -0.888. The highest BCUT2D eigenvalue weighted by atomic mass is 16.5. The number of ether oxygens (including phenoxy) is 1. The summed E-state index contributed by atoms with van der Waals surface area (Å²) in [5.74, 6) is 0.932. The Hall–Kier alpha value is -3.19. The monoisotopic (exact) mass is 381 g/mol. The van der Waals surface area contributed by atoms with Gasteiger partial charge in [-0.3, -0.25) is 9.78 Å². The van der Waals surface area contributed by atoms with Gasteiger partial charge in [0, 0.05) is 30.1 Å². The minimum absolute atomic E-state index is 0.110. The number of likely N-dealkylation sites (N-methyl/N-ethyl adjacent to an activating group) is 1. The topological polar surface area (TPSA) is 97.5 Å². The molecule has 1 aromatic carbocycles. The lowest BCUT2D eigenvalue weighted by Crippen LogP contribution is -2.28.